The lowest BCUT2D eigenvalue weighted by molar-refractivity contribution is -0.116. The van der Waals surface area contributed by atoms with Crippen LogP contribution < -0.4 is 10.1 Å². The van der Waals surface area contributed by atoms with Crippen molar-refractivity contribution >= 4 is 21.6 Å². The number of nitrogens with one attached hydrogen (secondary N) is 1. The van der Waals surface area contributed by atoms with E-state index in [1.807, 2.05) is 18.2 Å². The lowest BCUT2D eigenvalue weighted by Crippen LogP contribution is -2.39. The molecule has 3 rings (SSSR count). The normalized spacial score (nSPS) is 11.5. The molecule has 0 aromatic heterocycles. The molecule has 0 bridgehead atoms. The van der Waals surface area contributed by atoms with E-state index in [-0.39, 0.29) is 11.4 Å². The van der Waals surface area contributed by atoms with Crippen LogP contribution in [0.1, 0.15) is 11.1 Å². The van der Waals surface area contributed by atoms with Crippen LogP contribution in [0.4, 0.5) is 18.9 Å². The largest absolute Gasteiger partial charge is 0.496 e. The molecule has 1 N–H and O–H groups in total. The highest BCUT2D eigenvalue weighted by molar-refractivity contribution is 7.89. The maximum absolute atomic E-state index is 14.0. The highest BCUT2D eigenvalue weighted by atomic mass is 32.2. The molecule has 180 valence electrons. The molecule has 0 unspecified atom stereocenters. The Balaban J connectivity index is 1.87. The second-order valence-electron chi connectivity index (χ2n) is 7.48. The Morgan fingerprint density at radius 2 is 1.71 bits per heavy atom. The van der Waals surface area contributed by atoms with Crippen molar-refractivity contribution in [3.63, 3.8) is 0 Å². The molecule has 0 aliphatic heterocycles. The third-order valence-corrected chi connectivity index (χ3v) is 6.97. The molecule has 0 saturated heterocycles. The third kappa shape index (κ3) is 5.75. The molecule has 1 amide bonds. The van der Waals surface area contributed by atoms with E-state index in [0.29, 0.717) is 23.8 Å². The first kappa shape index (κ1) is 25.3. The van der Waals surface area contributed by atoms with E-state index >= 15 is 0 Å². The Kier molecular flexibility index (Phi) is 7.95. The Morgan fingerprint density at radius 3 is 2.35 bits per heavy atom. The fourth-order valence-electron chi connectivity index (χ4n) is 3.32. The van der Waals surface area contributed by atoms with Gasteiger partial charge in [-0.15, -0.1) is 0 Å². The molecule has 34 heavy (non-hydrogen) atoms. The monoisotopic (exact) mass is 492 g/mol. The highest BCUT2D eigenvalue weighted by Gasteiger charge is 2.28. The topological polar surface area (TPSA) is 75.7 Å². The van der Waals surface area contributed by atoms with Gasteiger partial charge in [-0.25, -0.2) is 21.6 Å². The van der Waals surface area contributed by atoms with E-state index in [2.05, 4.69) is 5.32 Å². The molecule has 10 heteroatoms. The molecule has 0 saturated carbocycles. The molecular formula is C24H23F3N2O4S. The number of carbonyl (C=O) groups is 1. The van der Waals surface area contributed by atoms with Crippen molar-refractivity contribution < 1.29 is 31.1 Å². The average Bonchev–Trinajstić information content (AvgIpc) is 2.82. The van der Waals surface area contributed by atoms with Crippen molar-refractivity contribution in [3.8, 4) is 5.75 Å². The summed E-state index contributed by atoms with van der Waals surface area (Å²) in [7, 11) is -2.68. The molecule has 0 fully saturated rings. The van der Waals surface area contributed by atoms with E-state index in [0.717, 1.165) is 15.9 Å². The number of amides is 1. The van der Waals surface area contributed by atoms with Crippen LogP contribution in [0.15, 0.2) is 65.6 Å². The molecule has 3 aromatic rings. The SMILES string of the molecule is COc1ccc(S(=O)(=O)N(CCc2ccccc2)CC(=O)Nc2ccc(F)c(F)c2F)cc1C. The number of aryl methyl sites for hydroxylation is 1. The van der Waals surface area contributed by atoms with Crippen LogP contribution in [0.2, 0.25) is 0 Å². The second-order valence-corrected chi connectivity index (χ2v) is 9.41. The van der Waals surface area contributed by atoms with E-state index in [9.17, 15) is 26.4 Å². The summed E-state index contributed by atoms with van der Waals surface area (Å²) in [5.41, 5.74) is 0.838. The minimum absolute atomic E-state index is 0.0503. The first-order valence-corrected chi connectivity index (χ1v) is 11.7. The maximum Gasteiger partial charge on any atom is 0.243 e. The molecular weight excluding hydrogens is 469 g/mol. The number of ether oxygens (including phenoxy) is 1. The van der Waals surface area contributed by atoms with Crippen LogP contribution in [-0.4, -0.2) is 38.8 Å². The number of hydrogen-bond donors (Lipinski definition) is 1. The van der Waals surface area contributed by atoms with Gasteiger partial charge in [0.15, 0.2) is 17.5 Å². The Hall–Kier alpha value is -3.37. The number of methoxy groups -OCH3 is 1. The van der Waals surface area contributed by atoms with Crippen LogP contribution in [-0.2, 0) is 21.2 Å². The van der Waals surface area contributed by atoms with Crippen LogP contribution in [0.5, 0.6) is 5.75 Å². The number of halogens is 3. The molecule has 6 nitrogen and oxygen atoms in total. The van der Waals surface area contributed by atoms with Gasteiger partial charge in [0.25, 0.3) is 0 Å². The minimum Gasteiger partial charge on any atom is -0.496 e. The summed E-state index contributed by atoms with van der Waals surface area (Å²) in [5, 5.41) is 2.11. The molecule has 0 aliphatic carbocycles. The van der Waals surface area contributed by atoms with Crippen molar-refractivity contribution in [2.75, 3.05) is 25.5 Å². The lowest BCUT2D eigenvalue weighted by Gasteiger charge is -2.22. The van der Waals surface area contributed by atoms with Crippen LogP contribution in [0.3, 0.4) is 0 Å². The number of hydrogen-bond acceptors (Lipinski definition) is 4. The van der Waals surface area contributed by atoms with Gasteiger partial charge < -0.3 is 10.1 Å². The van der Waals surface area contributed by atoms with Gasteiger partial charge in [0.2, 0.25) is 15.9 Å². The van der Waals surface area contributed by atoms with E-state index < -0.39 is 45.6 Å². The molecule has 0 spiro atoms. The zero-order chi connectivity index (χ0) is 24.9. The summed E-state index contributed by atoms with van der Waals surface area (Å²) in [5.74, 6) is -5.12. The number of anilines is 1. The second kappa shape index (κ2) is 10.7. The standard InChI is InChI=1S/C24H23F3N2O4S/c1-16-14-18(8-11-21(16)33-2)34(31,32)29(13-12-17-6-4-3-5-7-17)15-22(30)28-20-10-9-19(25)23(26)24(20)27/h3-11,14H,12-13,15H2,1-2H3,(H,28,30). The molecule has 0 aliphatic rings. The van der Waals surface area contributed by atoms with Gasteiger partial charge in [-0.05, 0) is 54.8 Å². The molecule has 0 heterocycles. The molecule has 0 atom stereocenters. The summed E-state index contributed by atoms with van der Waals surface area (Å²) < 4.78 is 73.5. The quantitative estimate of drug-likeness (QED) is 0.452. The third-order valence-electron chi connectivity index (χ3n) is 5.13. The summed E-state index contributed by atoms with van der Waals surface area (Å²) in [4.78, 5) is 12.6. The van der Waals surface area contributed by atoms with Gasteiger partial charge in [-0.2, -0.15) is 4.31 Å². The van der Waals surface area contributed by atoms with Crippen LogP contribution in [0, 0.1) is 24.4 Å². The van der Waals surface area contributed by atoms with Crippen LogP contribution in [0.25, 0.3) is 0 Å². The van der Waals surface area contributed by atoms with Gasteiger partial charge in [-0.1, -0.05) is 30.3 Å². The predicted octanol–water partition coefficient (Wildman–Crippen LogP) is 4.29. The van der Waals surface area contributed by atoms with Crippen molar-refractivity contribution in [1.29, 1.82) is 0 Å². The fraction of sp³-hybridized carbons (Fsp3) is 0.208. The zero-order valence-electron chi connectivity index (χ0n) is 18.5. The zero-order valence-corrected chi connectivity index (χ0v) is 19.3. The predicted molar refractivity (Wildman–Crippen MR) is 122 cm³/mol. The number of sulfonamides is 1. The maximum atomic E-state index is 14.0. The Bertz CT molecular complexity index is 1280. The van der Waals surface area contributed by atoms with Gasteiger partial charge >= 0.3 is 0 Å². The van der Waals surface area contributed by atoms with Gasteiger partial charge in [0.05, 0.1) is 24.2 Å². The average molecular weight is 493 g/mol. The van der Waals surface area contributed by atoms with Crippen molar-refractivity contribution in [2.45, 2.75) is 18.2 Å². The molecule has 0 radical (unpaired) electrons. The summed E-state index contributed by atoms with van der Waals surface area (Å²) in [6, 6.07) is 14.9. The lowest BCUT2D eigenvalue weighted by atomic mass is 10.1. The number of rotatable bonds is 9. The molecule has 3 aromatic carbocycles. The first-order chi connectivity index (χ1) is 16.1. The van der Waals surface area contributed by atoms with E-state index in [1.54, 1.807) is 19.1 Å². The first-order valence-electron chi connectivity index (χ1n) is 10.3. The summed E-state index contributed by atoms with van der Waals surface area (Å²) in [6.45, 7) is 0.967. The van der Waals surface area contributed by atoms with Crippen LogP contribution >= 0.6 is 0 Å². The van der Waals surface area contributed by atoms with Crippen molar-refractivity contribution in [1.82, 2.24) is 4.31 Å². The minimum atomic E-state index is -4.14. The van der Waals surface area contributed by atoms with Gasteiger partial charge in [-0.3, -0.25) is 4.79 Å². The van der Waals surface area contributed by atoms with Crippen molar-refractivity contribution in [3.05, 3.63) is 89.2 Å². The summed E-state index contributed by atoms with van der Waals surface area (Å²) >= 11 is 0. The fourth-order valence-corrected chi connectivity index (χ4v) is 4.80. The number of carbonyl (C=O) groups excluding carboxylic acids is 1. The number of nitrogens with zero attached hydrogens (tertiary/aromatic N) is 1. The Labute approximate surface area is 196 Å². The van der Waals surface area contributed by atoms with E-state index in [4.69, 9.17) is 4.74 Å². The summed E-state index contributed by atoms with van der Waals surface area (Å²) in [6.07, 6.45) is 0.308. The number of benzene rings is 3. The van der Waals surface area contributed by atoms with Gasteiger partial charge in [0, 0.05) is 6.54 Å². The van der Waals surface area contributed by atoms with E-state index in [1.165, 1.54) is 25.3 Å². The highest BCUT2D eigenvalue weighted by Crippen LogP contribution is 2.25. The Morgan fingerprint density at radius 1 is 1.00 bits per heavy atom. The van der Waals surface area contributed by atoms with Crippen molar-refractivity contribution in [2.24, 2.45) is 0 Å². The smallest absolute Gasteiger partial charge is 0.243 e. The van der Waals surface area contributed by atoms with Gasteiger partial charge in [0.1, 0.15) is 5.75 Å².